The molecule has 30 heavy (non-hydrogen) atoms. The first-order valence-electron chi connectivity index (χ1n) is 9.89. The zero-order chi connectivity index (χ0) is 21.5. The lowest BCUT2D eigenvalue weighted by Crippen LogP contribution is -2.44. The van der Waals surface area contributed by atoms with E-state index >= 15 is 0 Å². The normalized spacial score (nSPS) is 17.3. The van der Waals surface area contributed by atoms with E-state index in [-0.39, 0.29) is 11.8 Å². The van der Waals surface area contributed by atoms with Crippen LogP contribution in [0.5, 0.6) is 0 Å². The van der Waals surface area contributed by atoms with Crippen molar-refractivity contribution in [1.29, 1.82) is 0 Å². The Hall–Kier alpha value is -2.74. The van der Waals surface area contributed by atoms with Crippen molar-refractivity contribution in [3.8, 4) is 0 Å². The number of urea groups is 1. The zero-order valence-electron chi connectivity index (χ0n) is 16.9. The van der Waals surface area contributed by atoms with E-state index in [2.05, 4.69) is 10.6 Å². The third-order valence-corrected chi connectivity index (χ3v) is 5.72. The Morgan fingerprint density at radius 1 is 1.20 bits per heavy atom. The molecule has 0 aromatic heterocycles. The molecule has 0 bridgehead atoms. The Labute approximate surface area is 178 Å². The monoisotopic (exact) mass is 431 g/mol. The van der Waals surface area contributed by atoms with Gasteiger partial charge in [0.15, 0.2) is 0 Å². The molecule has 0 saturated carbocycles. The van der Waals surface area contributed by atoms with Crippen molar-refractivity contribution in [2.75, 3.05) is 31.2 Å². The van der Waals surface area contributed by atoms with E-state index in [1.807, 2.05) is 17.0 Å². The van der Waals surface area contributed by atoms with Gasteiger partial charge in [0.05, 0.1) is 0 Å². The number of benzene rings is 2. The molecule has 3 amide bonds. The predicted octanol–water partition coefficient (Wildman–Crippen LogP) is 3.38. The largest absolute Gasteiger partial charge is 0.338 e. The highest BCUT2D eigenvalue weighted by molar-refractivity contribution is 7.83. The molecular formula is C22H26FN3O3S. The molecule has 2 atom stereocenters. The first-order chi connectivity index (χ1) is 14.4. The minimum atomic E-state index is -0.964. The number of anilines is 1. The molecule has 1 aliphatic rings. The summed E-state index contributed by atoms with van der Waals surface area (Å²) in [6.07, 6.45) is 3.42. The standard InChI is InChI=1S/C22H26FN3O3S/c1-30(29)15-16-5-2-7-18(11-16)21(27)26-10-4-6-17(14-26)13-24-22(28)25-20-9-3-8-19(23)12-20/h2-3,5,7-9,11-12,17H,4,6,10,13-15H2,1H3,(H2,24,25,28). The summed E-state index contributed by atoms with van der Waals surface area (Å²) in [6.45, 7) is 1.66. The third kappa shape index (κ3) is 6.38. The topological polar surface area (TPSA) is 78.5 Å². The number of carbonyl (C=O) groups is 2. The highest BCUT2D eigenvalue weighted by Crippen LogP contribution is 2.19. The molecule has 2 aromatic carbocycles. The van der Waals surface area contributed by atoms with Crippen LogP contribution in [-0.2, 0) is 16.6 Å². The number of piperidine rings is 1. The lowest BCUT2D eigenvalue weighted by molar-refractivity contribution is 0.0675. The van der Waals surface area contributed by atoms with E-state index in [1.54, 1.807) is 24.5 Å². The molecule has 2 N–H and O–H groups in total. The summed E-state index contributed by atoms with van der Waals surface area (Å²) in [4.78, 5) is 26.8. The van der Waals surface area contributed by atoms with Crippen molar-refractivity contribution < 1.29 is 18.2 Å². The summed E-state index contributed by atoms with van der Waals surface area (Å²) in [7, 11) is -0.964. The second-order valence-corrected chi connectivity index (χ2v) is 8.96. The Morgan fingerprint density at radius 2 is 2.00 bits per heavy atom. The predicted molar refractivity (Wildman–Crippen MR) is 116 cm³/mol. The summed E-state index contributed by atoms with van der Waals surface area (Å²) < 4.78 is 24.7. The zero-order valence-corrected chi connectivity index (χ0v) is 17.7. The van der Waals surface area contributed by atoms with Gasteiger partial charge in [-0.3, -0.25) is 9.00 Å². The van der Waals surface area contributed by atoms with Crippen LogP contribution in [0.3, 0.4) is 0 Å². The fourth-order valence-corrected chi connectivity index (χ4v) is 4.26. The van der Waals surface area contributed by atoms with Gasteiger partial charge in [-0.15, -0.1) is 0 Å². The maximum absolute atomic E-state index is 13.2. The van der Waals surface area contributed by atoms with Crippen molar-refractivity contribution in [3.63, 3.8) is 0 Å². The van der Waals surface area contributed by atoms with Crippen LogP contribution in [0.25, 0.3) is 0 Å². The van der Waals surface area contributed by atoms with Gasteiger partial charge in [-0.1, -0.05) is 18.2 Å². The molecule has 1 saturated heterocycles. The highest BCUT2D eigenvalue weighted by Gasteiger charge is 2.25. The third-order valence-electron chi connectivity index (χ3n) is 4.98. The van der Waals surface area contributed by atoms with Gasteiger partial charge in [0.2, 0.25) is 0 Å². The van der Waals surface area contributed by atoms with Crippen molar-refractivity contribution >= 4 is 28.4 Å². The molecule has 8 heteroatoms. The van der Waals surface area contributed by atoms with Gasteiger partial charge < -0.3 is 15.5 Å². The van der Waals surface area contributed by atoms with Crippen LogP contribution in [0, 0.1) is 11.7 Å². The summed E-state index contributed by atoms with van der Waals surface area (Å²) in [6, 6.07) is 12.6. The van der Waals surface area contributed by atoms with Crippen LogP contribution in [0.2, 0.25) is 0 Å². The second kappa shape index (κ2) is 10.3. The average Bonchev–Trinajstić information content (AvgIpc) is 2.72. The van der Waals surface area contributed by atoms with Crippen molar-refractivity contribution in [3.05, 3.63) is 65.5 Å². The van der Waals surface area contributed by atoms with Gasteiger partial charge in [0.1, 0.15) is 5.82 Å². The van der Waals surface area contributed by atoms with E-state index in [0.29, 0.717) is 36.6 Å². The van der Waals surface area contributed by atoms with E-state index < -0.39 is 22.6 Å². The van der Waals surface area contributed by atoms with Gasteiger partial charge in [-0.2, -0.15) is 0 Å². The number of hydrogen-bond acceptors (Lipinski definition) is 3. The SMILES string of the molecule is CS(=O)Cc1cccc(C(=O)N2CCCC(CNC(=O)Nc3cccc(F)c3)C2)c1. The molecule has 0 aliphatic carbocycles. The number of likely N-dealkylation sites (tertiary alicyclic amines) is 1. The van der Waals surface area contributed by atoms with Gasteiger partial charge >= 0.3 is 6.03 Å². The van der Waals surface area contributed by atoms with Crippen LogP contribution in [-0.4, -0.2) is 46.9 Å². The van der Waals surface area contributed by atoms with Crippen LogP contribution in [0.4, 0.5) is 14.9 Å². The number of amides is 3. The van der Waals surface area contributed by atoms with Crippen LogP contribution in [0.1, 0.15) is 28.8 Å². The number of nitrogens with one attached hydrogen (secondary N) is 2. The number of carbonyl (C=O) groups excluding carboxylic acids is 2. The molecular weight excluding hydrogens is 405 g/mol. The van der Waals surface area contributed by atoms with E-state index in [9.17, 15) is 18.2 Å². The van der Waals surface area contributed by atoms with E-state index in [0.717, 1.165) is 18.4 Å². The molecule has 1 fully saturated rings. The minimum absolute atomic E-state index is 0.0485. The summed E-state index contributed by atoms with van der Waals surface area (Å²) in [5.74, 6) is 0.108. The van der Waals surface area contributed by atoms with Gasteiger partial charge in [-0.05, 0) is 54.7 Å². The quantitative estimate of drug-likeness (QED) is 0.736. The van der Waals surface area contributed by atoms with Crippen molar-refractivity contribution in [1.82, 2.24) is 10.2 Å². The minimum Gasteiger partial charge on any atom is -0.338 e. The highest BCUT2D eigenvalue weighted by atomic mass is 32.2. The molecule has 1 heterocycles. The lowest BCUT2D eigenvalue weighted by atomic mass is 9.97. The molecule has 2 unspecified atom stereocenters. The van der Waals surface area contributed by atoms with Gasteiger partial charge in [0, 0.05) is 53.7 Å². The smallest absolute Gasteiger partial charge is 0.319 e. The maximum atomic E-state index is 13.2. The summed E-state index contributed by atoms with van der Waals surface area (Å²) >= 11 is 0. The summed E-state index contributed by atoms with van der Waals surface area (Å²) in [5.41, 5.74) is 1.86. The Bertz CT molecular complexity index is 937. The number of rotatable bonds is 6. The fourth-order valence-electron chi connectivity index (χ4n) is 3.61. The number of hydrogen-bond donors (Lipinski definition) is 2. The molecule has 0 radical (unpaired) electrons. The number of nitrogens with zero attached hydrogens (tertiary/aromatic N) is 1. The Morgan fingerprint density at radius 3 is 2.77 bits per heavy atom. The van der Waals surface area contributed by atoms with Crippen molar-refractivity contribution in [2.45, 2.75) is 18.6 Å². The van der Waals surface area contributed by atoms with Gasteiger partial charge in [-0.25, -0.2) is 9.18 Å². The van der Waals surface area contributed by atoms with Crippen LogP contribution in [0.15, 0.2) is 48.5 Å². The molecule has 0 spiro atoms. The van der Waals surface area contributed by atoms with Gasteiger partial charge in [0.25, 0.3) is 5.91 Å². The van der Waals surface area contributed by atoms with Crippen molar-refractivity contribution in [2.24, 2.45) is 5.92 Å². The molecule has 6 nitrogen and oxygen atoms in total. The van der Waals surface area contributed by atoms with E-state index in [4.69, 9.17) is 0 Å². The maximum Gasteiger partial charge on any atom is 0.319 e. The molecule has 2 aromatic rings. The summed E-state index contributed by atoms with van der Waals surface area (Å²) in [5, 5.41) is 5.41. The Kier molecular flexibility index (Phi) is 7.57. The first kappa shape index (κ1) is 22.0. The van der Waals surface area contributed by atoms with Crippen LogP contribution < -0.4 is 10.6 Å². The number of halogens is 1. The van der Waals surface area contributed by atoms with Crippen LogP contribution >= 0.6 is 0 Å². The molecule has 1 aliphatic heterocycles. The Balaban J connectivity index is 1.53. The molecule has 160 valence electrons. The average molecular weight is 432 g/mol. The van der Waals surface area contributed by atoms with E-state index in [1.165, 1.54) is 18.2 Å². The molecule has 3 rings (SSSR count). The fraction of sp³-hybridized carbons (Fsp3) is 0.364. The second-order valence-electron chi connectivity index (χ2n) is 7.52. The first-order valence-corrected chi connectivity index (χ1v) is 11.6. The lowest BCUT2D eigenvalue weighted by Gasteiger charge is -2.33.